The Morgan fingerprint density at radius 2 is 1.47 bits per heavy atom. The molecule has 0 radical (unpaired) electrons. The highest BCUT2D eigenvalue weighted by Crippen LogP contribution is 2.35. The summed E-state index contributed by atoms with van der Waals surface area (Å²) in [6, 6.07) is 22.7. The lowest BCUT2D eigenvalue weighted by Crippen LogP contribution is -2.27. The minimum absolute atomic E-state index is 0.201. The van der Waals surface area contributed by atoms with Crippen LogP contribution in [0.15, 0.2) is 77.7 Å². The van der Waals surface area contributed by atoms with E-state index in [0.29, 0.717) is 9.93 Å². The minimum atomic E-state index is -0.287. The second-order valence-electron chi connectivity index (χ2n) is 6.94. The van der Waals surface area contributed by atoms with Crippen molar-refractivity contribution in [2.24, 2.45) is 0 Å². The summed E-state index contributed by atoms with van der Waals surface area (Å²) in [4.78, 5) is 32.2. The zero-order valence-electron chi connectivity index (χ0n) is 15.7. The van der Waals surface area contributed by atoms with Crippen molar-refractivity contribution in [1.82, 2.24) is 9.88 Å². The van der Waals surface area contributed by atoms with Crippen LogP contribution in [0.5, 0.6) is 0 Å². The molecule has 0 atom stereocenters. The van der Waals surface area contributed by atoms with Gasteiger partial charge >= 0.3 is 0 Å². The summed E-state index contributed by atoms with van der Waals surface area (Å²) in [6.07, 6.45) is 1.73. The van der Waals surface area contributed by atoms with Gasteiger partial charge in [0.1, 0.15) is 0 Å². The van der Waals surface area contributed by atoms with E-state index in [1.54, 1.807) is 18.2 Å². The van der Waals surface area contributed by atoms with E-state index in [2.05, 4.69) is 0 Å². The molecule has 146 valence electrons. The molecule has 1 saturated heterocycles. The van der Waals surface area contributed by atoms with Crippen molar-refractivity contribution in [1.29, 1.82) is 0 Å². The number of thioether (sulfide) groups is 1. The summed E-state index contributed by atoms with van der Waals surface area (Å²) in [7, 11) is 0. The minimum Gasteiger partial charge on any atom is -0.268 e. The molecule has 1 aliphatic heterocycles. The molecule has 0 unspecified atom stereocenters. The summed E-state index contributed by atoms with van der Waals surface area (Å²) in [5.74, 6) is -0.287. The lowest BCUT2D eigenvalue weighted by molar-refractivity contribution is -0.123. The van der Waals surface area contributed by atoms with E-state index in [1.807, 2.05) is 60.7 Å². The van der Waals surface area contributed by atoms with Crippen molar-refractivity contribution in [3.8, 4) is 0 Å². The zero-order valence-corrected chi connectivity index (χ0v) is 17.3. The molecule has 2 amide bonds. The van der Waals surface area contributed by atoms with Crippen LogP contribution >= 0.6 is 23.4 Å². The van der Waals surface area contributed by atoms with Crippen LogP contribution in [0.25, 0.3) is 27.9 Å². The van der Waals surface area contributed by atoms with Crippen LogP contribution in [0.3, 0.4) is 0 Å². The van der Waals surface area contributed by atoms with E-state index < -0.39 is 0 Å². The third-order valence-electron chi connectivity index (χ3n) is 5.06. The van der Waals surface area contributed by atoms with E-state index in [1.165, 1.54) is 4.90 Å². The molecule has 5 rings (SSSR count). The number of para-hydroxylation sites is 2. The number of amides is 2. The van der Waals surface area contributed by atoms with Crippen LogP contribution in [-0.4, -0.2) is 21.0 Å². The van der Waals surface area contributed by atoms with E-state index in [9.17, 15) is 9.59 Å². The quantitative estimate of drug-likeness (QED) is 0.283. The molecule has 1 fully saturated rings. The number of carbonyl (C=O) groups excluding carboxylic acids is 2. The highest BCUT2D eigenvalue weighted by molar-refractivity contribution is 8.18. The molecule has 30 heavy (non-hydrogen) atoms. The molecule has 0 bridgehead atoms. The van der Waals surface area contributed by atoms with Crippen LogP contribution in [0.1, 0.15) is 11.1 Å². The Morgan fingerprint density at radius 1 is 0.867 bits per heavy atom. The van der Waals surface area contributed by atoms with Gasteiger partial charge in [0.15, 0.2) is 0 Å². The van der Waals surface area contributed by atoms with Crippen LogP contribution in [0.2, 0.25) is 5.02 Å². The van der Waals surface area contributed by atoms with Crippen molar-refractivity contribution in [2.45, 2.75) is 6.54 Å². The topological polar surface area (TPSA) is 50.3 Å². The lowest BCUT2D eigenvalue weighted by atomic mass is 10.0. The van der Waals surface area contributed by atoms with E-state index in [-0.39, 0.29) is 17.7 Å². The summed E-state index contributed by atoms with van der Waals surface area (Å²) < 4.78 is 0. The largest absolute Gasteiger partial charge is 0.293 e. The number of rotatable bonds is 3. The number of nitrogens with zero attached hydrogens (tertiary/aromatic N) is 2. The Kier molecular flexibility index (Phi) is 4.77. The van der Waals surface area contributed by atoms with Crippen LogP contribution in [-0.2, 0) is 11.3 Å². The average molecular weight is 431 g/mol. The Labute approximate surface area is 182 Å². The van der Waals surface area contributed by atoms with Crippen LogP contribution in [0, 0.1) is 0 Å². The Bertz CT molecular complexity index is 1290. The zero-order chi connectivity index (χ0) is 20.7. The number of imide groups is 1. The fourth-order valence-corrected chi connectivity index (χ4v) is 4.57. The molecule has 0 N–H and O–H groups in total. The first kappa shape index (κ1) is 18.9. The molecule has 6 heteroatoms. The number of hydrogen-bond acceptors (Lipinski definition) is 4. The van der Waals surface area contributed by atoms with E-state index >= 15 is 0 Å². The molecule has 4 aromatic rings. The van der Waals surface area contributed by atoms with Gasteiger partial charge in [0.2, 0.25) is 0 Å². The molecule has 1 aromatic heterocycles. The fraction of sp³-hybridized carbons (Fsp3) is 0.0417. The van der Waals surface area contributed by atoms with Gasteiger partial charge in [-0.1, -0.05) is 60.1 Å². The molecular weight excluding hydrogens is 416 g/mol. The van der Waals surface area contributed by atoms with Crippen molar-refractivity contribution in [3.05, 3.63) is 93.9 Å². The smallest absolute Gasteiger partial charge is 0.268 e. The number of halogens is 1. The maximum atomic E-state index is 13.0. The molecule has 0 saturated carbocycles. The van der Waals surface area contributed by atoms with Gasteiger partial charge in [0, 0.05) is 15.8 Å². The number of pyridine rings is 1. The Hall–Kier alpha value is -3.15. The van der Waals surface area contributed by atoms with E-state index in [4.69, 9.17) is 16.6 Å². The predicted octanol–water partition coefficient (Wildman–Crippen LogP) is 6.28. The highest BCUT2D eigenvalue weighted by Gasteiger charge is 2.35. The van der Waals surface area contributed by atoms with Gasteiger partial charge in [-0.2, -0.15) is 0 Å². The van der Waals surface area contributed by atoms with Gasteiger partial charge in [-0.3, -0.25) is 14.5 Å². The molecule has 3 aromatic carbocycles. The van der Waals surface area contributed by atoms with Crippen molar-refractivity contribution >= 4 is 62.4 Å². The normalized spacial score (nSPS) is 15.6. The summed E-state index contributed by atoms with van der Waals surface area (Å²) in [5, 5.41) is 2.23. The molecule has 0 aliphatic carbocycles. The predicted molar refractivity (Wildman–Crippen MR) is 122 cm³/mol. The van der Waals surface area contributed by atoms with E-state index in [0.717, 1.165) is 44.7 Å². The summed E-state index contributed by atoms with van der Waals surface area (Å²) in [5.41, 5.74) is 3.43. The average Bonchev–Trinajstić information content (AvgIpc) is 3.02. The third kappa shape index (κ3) is 3.36. The number of benzene rings is 3. The molecule has 0 spiro atoms. The second kappa shape index (κ2) is 7.59. The first-order chi connectivity index (χ1) is 14.6. The Morgan fingerprint density at radius 3 is 2.10 bits per heavy atom. The highest BCUT2D eigenvalue weighted by atomic mass is 35.5. The molecule has 4 nitrogen and oxygen atoms in total. The van der Waals surface area contributed by atoms with Gasteiger partial charge in [0.05, 0.1) is 22.5 Å². The number of carbonyl (C=O) groups is 2. The number of hydrogen-bond donors (Lipinski definition) is 0. The maximum absolute atomic E-state index is 13.0. The fourth-order valence-electron chi connectivity index (χ4n) is 3.60. The Balaban J connectivity index is 1.55. The van der Waals surface area contributed by atoms with Gasteiger partial charge in [-0.05, 0) is 53.2 Å². The van der Waals surface area contributed by atoms with Crippen molar-refractivity contribution in [2.75, 3.05) is 0 Å². The third-order valence-corrected chi connectivity index (χ3v) is 6.22. The number of aromatic nitrogens is 1. The van der Waals surface area contributed by atoms with Crippen molar-refractivity contribution < 1.29 is 9.59 Å². The monoisotopic (exact) mass is 430 g/mol. The van der Waals surface area contributed by atoms with Gasteiger partial charge in [-0.15, -0.1) is 0 Å². The molecule has 1 aliphatic rings. The molecule has 2 heterocycles. The van der Waals surface area contributed by atoms with Gasteiger partial charge in [-0.25, -0.2) is 4.98 Å². The standard InChI is InChI=1S/C24H15ClN2O2S/c25-16-11-9-15(10-12-16)13-22-23(28)27(24(29)30-22)14-19-17-5-1-3-7-20(17)26-21-8-4-2-6-18(19)21/h1-13H,14H2/b22-13-. The molecular formula is C24H15ClN2O2S. The first-order valence-corrected chi connectivity index (χ1v) is 10.6. The van der Waals surface area contributed by atoms with Crippen LogP contribution in [0.4, 0.5) is 4.79 Å². The van der Waals surface area contributed by atoms with Crippen molar-refractivity contribution in [3.63, 3.8) is 0 Å². The van der Waals surface area contributed by atoms with Crippen LogP contribution < -0.4 is 0 Å². The SMILES string of the molecule is O=C1S/C(=C\c2ccc(Cl)cc2)C(=O)N1Cc1c2ccccc2nc2ccccc12. The second-order valence-corrected chi connectivity index (χ2v) is 8.37. The van der Waals surface area contributed by atoms with Gasteiger partial charge < -0.3 is 0 Å². The number of fused-ring (bicyclic) bond motifs is 2. The lowest BCUT2D eigenvalue weighted by Gasteiger charge is -2.16. The summed E-state index contributed by atoms with van der Waals surface area (Å²) >= 11 is 6.89. The summed E-state index contributed by atoms with van der Waals surface area (Å²) in [6.45, 7) is 0.201. The first-order valence-electron chi connectivity index (χ1n) is 9.37. The van der Waals surface area contributed by atoms with Gasteiger partial charge in [0.25, 0.3) is 11.1 Å². The maximum Gasteiger partial charge on any atom is 0.293 e.